The highest BCUT2D eigenvalue weighted by Gasteiger charge is 2.08. The van der Waals surface area contributed by atoms with E-state index < -0.39 is 0 Å². The summed E-state index contributed by atoms with van der Waals surface area (Å²) in [5.74, 6) is 0. The number of aromatic nitrogens is 1. The predicted octanol–water partition coefficient (Wildman–Crippen LogP) is 4.65. The number of halogens is 2. The smallest absolute Gasteiger partial charge is 0.0766 e. The van der Waals surface area contributed by atoms with Crippen LogP contribution in [0.15, 0.2) is 29.3 Å². The summed E-state index contributed by atoms with van der Waals surface area (Å²) in [6, 6.07) is 6.35. The van der Waals surface area contributed by atoms with E-state index in [0.29, 0.717) is 0 Å². The molecule has 0 atom stereocenters. The summed E-state index contributed by atoms with van der Waals surface area (Å²) in [5, 5.41) is 1.24. The van der Waals surface area contributed by atoms with Crippen molar-refractivity contribution in [3.8, 4) is 0 Å². The van der Waals surface area contributed by atoms with Crippen LogP contribution in [-0.4, -0.2) is 12.1 Å². The van der Waals surface area contributed by atoms with Gasteiger partial charge in [0.05, 0.1) is 22.8 Å². The molecule has 1 heterocycles. The maximum absolute atomic E-state index is 9.79. The number of nitrogens with one attached hydrogen (secondary N) is 1. The summed E-state index contributed by atoms with van der Waals surface area (Å²) in [4.78, 5) is 6.12. The van der Waals surface area contributed by atoms with Crippen molar-refractivity contribution in [1.29, 1.82) is 0 Å². The fourth-order valence-corrected chi connectivity index (χ4v) is 2.29. The molecule has 0 fully saturated rings. The van der Waals surface area contributed by atoms with Gasteiger partial charge in [-0.2, -0.15) is 4.94 Å². The van der Waals surface area contributed by atoms with Crippen LogP contribution < -0.4 is 0 Å². The van der Waals surface area contributed by atoms with Gasteiger partial charge in [0.2, 0.25) is 0 Å². The van der Waals surface area contributed by atoms with E-state index in [1.54, 1.807) is 0 Å². The number of hydrogen-bond acceptors (Lipinski definition) is 1. The first-order valence-electron chi connectivity index (χ1n) is 5.25. The highest BCUT2D eigenvalue weighted by molar-refractivity contribution is 9.10. The van der Waals surface area contributed by atoms with Gasteiger partial charge in [-0.1, -0.05) is 31.7 Å². The molecule has 4 heteroatoms. The van der Waals surface area contributed by atoms with Crippen molar-refractivity contribution in [1.82, 2.24) is 4.98 Å². The molecule has 2 aromatic rings. The van der Waals surface area contributed by atoms with Crippen LogP contribution in [0, 0.1) is 0 Å². The molecule has 0 saturated heterocycles. The maximum atomic E-state index is 9.79. The Morgan fingerprint density at radius 1 is 1.53 bits per heavy atom. The van der Waals surface area contributed by atoms with Crippen molar-refractivity contribution in [2.45, 2.75) is 13.3 Å². The topological polar surface area (TPSA) is 25.0 Å². The van der Waals surface area contributed by atoms with Gasteiger partial charge >= 0.3 is 0 Å². The Morgan fingerprint density at radius 2 is 2.18 bits per heavy atom. The van der Waals surface area contributed by atoms with E-state index in [2.05, 4.69) is 57.6 Å². The Balaban J connectivity index is 0.000000437. The first-order valence-corrected chi connectivity index (χ1v) is 6.05. The molecule has 2 nitrogen and oxygen atoms in total. The lowest BCUT2D eigenvalue weighted by atomic mass is 10.1. The zero-order chi connectivity index (χ0) is 12.8. The fraction of sp³-hybridized carbons (Fsp3) is 0.231. The number of H-pyrrole nitrogens is 1. The van der Waals surface area contributed by atoms with Crippen molar-refractivity contribution in [3.63, 3.8) is 0 Å². The Kier molecular flexibility index (Phi) is 5.38. The van der Waals surface area contributed by atoms with Crippen molar-refractivity contribution < 1.29 is 9.47 Å². The normalized spacial score (nSPS) is 9.88. The lowest BCUT2D eigenvalue weighted by Crippen LogP contribution is -1.81. The molecule has 1 aromatic heterocycles. The molecule has 0 unspecified atom stereocenters. The molecule has 0 bridgehead atoms. The minimum absolute atomic E-state index is 0.958. The average molecular weight is 300 g/mol. The average Bonchev–Trinajstić information content (AvgIpc) is 2.67. The van der Waals surface area contributed by atoms with Crippen molar-refractivity contribution in [3.05, 3.63) is 40.5 Å². The Labute approximate surface area is 109 Å². The van der Waals surface area contributed by atoms with Crippen LogP contribution in [0.5, 0.6) is 0 Å². The standard InChI is InChI=1S/C12H12BrN.CH3FO/c1-3-8-6-5-7-9-11(13)10(4-2)14-12(8)9;1-3-2/h4-7,14H,2-3H2,1H3;1H3. The third-order valence-electron chi connectivity index (χ3n) is 2.47. The summed E-state index contributed by atoms with van der Waals surface area (Å²) in [6.45, 7) is 5.95. The van der Waals surface area contributed by atoms with Crippen LogP contribution in [0.4, 0.5) is 4.53 Å². The van der Waals surface area contributed by atoms with E-state index >= 15 is 0 Å². The van der Waals surface area contributed by atoms with Crippen LogP contribution in [0.2, 0.25) is 0 Å². The summed E-state index contributed by atoms with van der Waals surface area (Å²) >= 11 is 3.57. The number of hydrogen-bond donors (Lipinski definition) is 1. The van der Waals surface area contributed by atoms with E-state index in [9.17, 15) is 4.53 Å². The number of benzene rings is 1. The highest BCUT2D eigenvalue weighted by Crippen LogP contribution is 2.30. The highest BCUT2D eigenvalue weighted by atomic mass is 79.9. The second-order valence-corrected chi connectivity index (χ2v) is 4.20. The summed E-state index contributed by atoms with van der Waals surface area (Å²) in [5.41, 5.74) is 3.62. The number of fused-ring (bicyclic) bond motifs is 1. The number of aryl methyl sites for hydroxylation is 1. The molecule has 1 N–H and O–H groups in total. The zero-order valence-electron chi connectivity index (χ0n) is 9.89. The second kappa shape index (κ2) is 6.57. The fourth-order valence-electron chi connectivity index (χ4n) is 1.70. The molecular formula is C13H15BrFNO. The van der Waals surface area contributed by atoms with Gasteiger partial charge in [0, 0.05) is 5.39 Å². The van der Waals surface area contributed by atoms with E-state index in [1.807, 2.05) is 6.08 Å². The predicted molar refractivity (Wildman–Crippen MR) is 73.6 cm³/mol. The van der Waals surface area contributed by atoms with Crippen molar-refractivity contribution >= 4 is 32.9 Å². The van der Waals surface area contributed by atoms with Gasteiger partial charge in [0.25, 0.3) is 0 Å². The summed E-state index contributed by atoms with van der Waals surface area (Å²) in [6.07, 6.45) is 2.88. The van der Waals surface area contributed by atoms with Gasteiger partial charge in [-0.15, -0.1) is 0 Å². The van der Waals surface area contributed by atoms with E-state index in [1.165, 1.54) is 16.5 Å². The molecule has 2 rings (SSSR count). The van der Waals surface area contributed by atoms with Crippen LogP contribution >= 0.6 is 15.9 Å². The van der Waals surface area contributed by atoms with E-state index in [0.717, 1.165) is 23.7 Å². The van der Waals surface area contributed by atoms with Crippen LogP contribution in [0.1, 0.15) is 18.2 Å². The zero-order valence-corrected chi connectivity index (χ0v) is 11.5. The summed E-state index contributed by atoms with van der Waals surface area (Å²) < 4.78 is 10.9. The van der Waals surface area contributed by atoms with Crippen molar-refractivity contribution in [2.24, 2.45) is 0 Å². The molecule has 1 aromatic carbocycles. The van der Waals surface area contributed by atoms with Gasteiger partial charge in [0.15, 0.2) is 0 Å². The Morgan fingerprint density at radius 3 is 2.71 bits per heavy atom. The lowest BCUT2D eigenvalue weighted by Gasteiger charge is -1.97. The molecule has 0 saturated carbocycles. The van der Waals surface area contributed by atoms with Crippen molar-refractivity contribution in [2.75, 3.05) is 7.11 Å². The van der Waals surface area contributed by atoms with E-state index in [-0.39, 0.29) is 0 Å². The number of rotatable bonds is 2. The molecule has 92 valence electrons. The monoisotopic (exact) mass is 299 g/mol. The summed E-state index contributed by atoms with van der Waals surface area (Å²) in [7, 11) is 0.958. The lowest BCUT2D eigenvalue weighted by molar-refractivity contribution is -0.0960. The van der Waals surface area contributed by atoms with Gasteiger partial charge in [-0.25, -0.2) is 0 Å². The molecule has 0 spiro atoms. The number of para-hydroxylation sites is 1. The van der Waals surface area contributed by atoms with Gasteiger partial charge in [-0.3, -0.25) is 0 Å². The molecule has 17 heavy (non-hydrogen) atoms. The van der Waals surface area contributed by atoms with Crippen LogP contribution in [-0.2, 0) is 11.4 Å². The third-order valence-corrected chi connectivity index (χ3v) is 3.32. The largest absolute Gasteiger partial charge is 0.354 e. The minimum atomic E-state index is 0.958. The molecule has 0 aliphatic carbocycles. The number of aromatic amines is 1. The van der Waals surface area contributed by atoms with Crippen LogP contribution in [0.25, 0.3) is 17.0 Å². The Bertz CT molecular complexity index is 507. The minimum Gasteiger partial charge on any atom is -0.354 e. The molecule has 0 aliphatic rings. The quantitative estimate of drug-likeness (QED) is 0.857. The molecule has 0 amide bonds. The maximum Gasteiger partial charge on any atom is 0.0766 e. The Hall–Kier alpha value is -1.13. The molecular weight excluding hydrogens is 285 g/mol. The van der Waals surface area contributed by atoms with Crippen LogP contribution in [0.3, 0.4) is 0 Å². The molecule has 0 radical (unpaired) electrons. The SMILES string of the molecule is C=Cc1[nH]c2c(CC)cccc2c1Br.COF. The van der Waals surface area contributed by atoms with E-state index in [4.69, 9.17) is 0 Å². The third kappa shape index (κ3) is 2.96. The molecule has 0 aliphatic heterocycles. The van der Waals surface area contributed by atoms with Gasteiger partial charge < -0.3 is 4.98 Å². The first-order chi connectivity index (χ1) is 8.19. The van der Waals surface area contributed by atoms with Gasteiger partial charge in [-0.05, 0) is 38.5 Å². The first kappa shape index (κ1) is 13.9. The van der Waals surface area contributed by atoms with Gasteiger partial charge in [0.1, 0.15) is 0 Å². The second-order valence-electron chi connectivity index (χ2n) is 3.40.